The maximum absolute atomic E-state index is 11.6. The first-order valence-corrected chi connectivity index (χ1v) is 19.2. The summed E-state index contributed by atoms with van der Waals surface area (Å²) in [6, 6.07) is 29.4. The molecule has 0 aliphatic rings. The molecule has 1 amide bonds. The Morgan fingerprint density at radius 2 is 1.15 bits per heavy atom. The summed E-state index contributed by atoms with van der Waals surface area (Å²) in [5.41, 5.74) is 10.2. The van der Waals surface area contributed by atoms with Gasteiger partial charge in [0.2, 0.25) is 0 Å². The van der Waals surface area contributed by atoms with Crippen LogP contribution in [-0.4, -0.2) is 69.1 Å². The van der Waals surface area contributed by atoms with Gasteiger partial charge in [0, 0.05) is 25.2 Å². The number of primary amides is 1. The first kappa shape index (κ1) is 42.2. The number of ether oxygens (including phenoxy) is 2. The van der Waals surface area contributed by atoms with Crippen LogP contribution in [0, 0.1) is 11.3 Å². The van der Waals surface area contributed by atoms with Crippen LogP contribution in [0.25, 0.3) is 44.3 Å². The summed E-state index contributed by atoms with van der Waals surface area (Å²) in [4.78, 5) is 20.2. The molecule has 0 unspecified atom stereocenters. The van der Waals surface area contributed by atoms with Crippen molar-refractivity contribution in [3.8, 4) is 51.6 Å². The number of carbonyl (C=O) groups is 1. The fourth-order valence-corrected chi connectivity index (χ4v) is 7.01. The highest BCUT2D eigenvalue weighted by Crippen LogP contribution is 2.36. The van der Waals surface area contributed by atoms with Crippen molar-refractivity contribution in [2.75, 3.05) is 13.2 Å². The molecule has 4 aromatic carbocycles. The molecule has 4 heterocycles. The van der Waals surface area contributed by atoms with Crippen LogP contribution in [0.2, 0.25) is 10.0 Å². The maximum atomic E-state index is 11.6. The summed E-state index contributed by atoms with van der Waals surface area (Å²) in [6.07, 6.45) is 1.18. The Labute approximate surface area is 358 Å². The normalized spacial score (nSPS) is 12.0. The number of halogens is 2. The van der Waals surface area contributed by atoms with Gasteiger partial charge < -0.3 is 35.6 Å². The number of nitriles is 1. The van der Waals surface area contributed by atoms with Crippen LogP contribution < -0.4 is 15.2 Å². The molecule has 8 rings (SSSR count). The molecule has 6 N–H and O–H groups in total. The Balaban J connectivity index is 0.000000184. The minimum Gasteiger partial charge on any atom is -0.457 e. The van der Waals surface area contributed by atoms with Crippen LogP contribution in [0.15, 0.2) is 109 Å². The van der Waals surface area contributed by atoms with Gasteiger partial charge >= 0.3 is 0 Å². The first-order chi connectivity index (χ1) is 29.4. The van der Waals surface area contributed by atoms with Crippen molar-refractivity contribution >= 4 is 50.9 Å². The minimum absolute atomic E-state index is 0.000426. The van der Waals surface area contributed by atoms with Crippen molar-refractivity contribution in [1.82, 2.24) is 29.5 Å². The van der Waals surface area contributed by atoms with Gasteiger partial charge in [-0.2, -0.15) is 15.5 Å². The van der Waals surface area contributed by atoms with Gasteiger partial charge in [-0.25, -0.2) is 9.97 Å². The summed E-state index contributed by atoms with van der Waals surface area (Å²) in [7, 11) is 3.62. The Morgan fingerprint density at radius 1 is 0.705 bits per heavy atom. The first-order valence-electron chi connectivity index (χ1n) is 18.5. The molecular formula is C44H36Cl2N8O7. The standard InChI is InChI=1S/C22H19ClN4O4.C22H17ClN4O3/c1-27-21-15(10-25-27)20(7-6-16(21)23)31-14-4-2-12(3-5-14)17-8-13(19(29)11-28)9-18(26-17)22(24)30;1-27-22-17(11-25-27)21(7-6-18(22)23)30-16-4-2-13(3-5-16)19-9-14(20(29)12-28)8-15(10-24)26-19/h2-10,19,28-29H,11H2,1H3,(H2,24,30);2-9,11,20,28-29H,12H2,1H3/t19-;20-/m11/s1. The molecule has 0 spiro atoms. The molecule has 17 heteroatoms. The predicted molar refractivity (Wildman–Crippen MR) is 228 cm³/mol. The number of aliphatic hydroxyl groups is 4. The second-order valence-electron chi connectivity index (χ2n) is 13.6. The van der Waals surface area contributed by atoms with Crippen LogP contribution in [0.1, 0.15) is 39.5 Å². The number of aromatic nitrogens is 6. The Bertz CT molecular complexity index is 2930. The van der Waals surface area contributed by atoms with Crippen LogP contribution in [0.4, 0.5) is 0 Å². The number of pyridine rings is 2. The highest BCUT2D eigenvalue weighted by atomic mass is 35.5. The fourth-order valence-electron chi connectivity index (χ4n) is 6.43. The van der Waals surface area contributed by atoms with Crippen LogP contribution in [-0.2, 0) is 14.1 Å². The fraction of sp³-hybridized carbons (Fsp3) is 0.136. The molecule has 0 bridgehead atoms. The van der Waals surface area contributed by atoms with E-state index in [0.717, 1.165) is 27.4 Å². The zero-order chi connectivity index (χ0) is 43.4. The van der Waals surface area contributed by atoms with Gasteiger partial charge in [0.25, 0.3) is 5.91 Å². The molecule has 0 aliphatic carbocycles. The summed E-state index contributed by atoms with van der Waals surface area (Å²) in [6.45, 7) is -0.927. The van der Waals surface area contributed by atoms with E-state index in [4.69, 9.17) is 38.4 Å². The Kier molecular flexibility index (Phi) is 12.6. The van der Waals surface area contributed by atoms with E-state index in [1.165, 1.54) is 12.1 Å². The average molecular weight is 860 g/mol. The van der Waals surface area contributed by atoms with Crippen molar-refractivity contribution in [2.45, 2.75) is 12.2 Å². The van der Waals surface area contributed by atoms with Crippen molar-refractivity contribution in [1.29, 1.82) is 5.26 Å². The largest absolute Gasteiger partial charge is 0.457 e. The van der Waals surface area contributed by atoms with E-state index in [0.29, 0.717) is 61.1 Å². The lowest BCUT2D eigenvalue weighted by molar-refractivity contribution is 0.0948. The number of hydrogen-bond acceptors (Lipinski definition) is 12. The summed E-state index contributed by atoms with van der Waals surface area (Å²) < 4.78 is 15.4. The molecular weight excluding hydrogens is 823 g/mol. The van der Waals surface area contributed by atoms with E-state index in [2.05, 4.69) is 20.2 Å². The minimum atomic E-state index is -1.14. The number of rotatable bonds is 11. The van der Waals surface area contributed by atoms with Gasteiger partial charge in [-0.3, -0.25) is 14.2 Å². The smallest absolute Gasteiger partial charge is 0.267 e. The number of carbonyl (C=O) groups excluding carboxylic acids is 1. The predicted octanol–water partition coefficient (Wildman–Crippen LogP) is 7.18. The quantitative estimate of drug-likeness (QED) is 0.0871. The van der Waals surface area contributed by atoms with Crippen molar-refractivity contribution in [3.05, 3.63) is 142 Å². The van der Waals surface area contributed by atoms with Gasteiger partial charge in [0.05, 0.1) is 68.8 Å². The summed E-state index contributed by atoms with van der Waals surface area (Å²) >= 11 is 12.5. The molecule has 0 fully saturated rings. The molecule has 15 nitrogen and oxygen atoms in total. The van der Waals surface area contributed by atoms with Crippen LogP contribution in [0.5, 0.6) is 23.0 Å². The lowest BCUT2D eigenvalue weighted by atomic mass is 10.0. The lowest BCUT2D eigenvalue weighted by Crippen LogP contribution is -2.15. The number of fused-ring (bicyclic) bond motifs is 2. The molecule has 308 valence electrons. The maximum Gasteiger partial charge on any atom is 0.267 e. The monoisotopic (exact) mass is 858 g/mol. The molecule has 0 saturated heterocycles. The van der Waals surface area contributed by atoms with E-state index in [9.17, 15) is 30.5 Å². The number of benzene rings is 4. The Hall–Kier alpha value is -6.90. The average Bonchev–Trinajstić information content (AvgIpc) is 3.88. The van der Waals surface area contributed by atoms with Gasteiger partial charge in [0.1, 0.15) is 52.7 Å². The summed E-state index contributed by atoms with van der Waals surface area (Å²) in [5, 5.41) is 58.8. The lowest BCUT2D eigenvalue weighted by Gasteiger charge is -2.12. The van der Waals surface area contributed by atoms with E-state index in [1.807, 2.05) is 32.3 Å². The topological polar surface area (TPSA) is 228 Å². The van der Waals surface area contributed by atoms with Gasteiger partial charge in [0.15, 0.2) is 0 Å². The second kappa shape index (κ2) is 18.2. The SMILES string of the molecule is Cn1ncc2c(Oc3ccc(-c4cc([C@H](O)CO)cc(C#N)n4)cc3)ccc(Cl)c21.Cn1ncc2c(Oc3ccc(-c4cc([C@H](O)CO)cc(C(N)=O)n4)cc3)ccc(Cl)c21. The number of amides is 1. The molecule has 0 saturated carbocycles. The number of nitrogens with two attached hydrogens (primary N) is 1. The number of hydrogen-bond donors (Lipinski definition) is 5. The number of aliphatic hydroxyl groups excluding tert-OH is 4. The zero-order valence-electron chi connectivity index (χ0n) is 32.4. The van der Waals surface area contributed by atoms with E-state index in [-0.39, 0.29) is 11.4 Å². The molecule has 0 aliphatic heterocycles. The van der Waals surface area contributed by atoms with Crippen molar-refractivity contribution < 1.29 is 34.7 Å². The van der Waals surface area contributed by atoms with E-state index < -0.39 is 31.3 Å². The molecule has 8 aromatic rings. The van der Waals surface area contributed by atoms with Crippen molar-refractivity contribution in [3.63, 3.8) is 0 Å². The number of aryl methyl sites for hydroxylation is 2. The molecule has 2 atom stereocenters. The number of nitrogens with zero attached hydrogens (tertiary/aromatic N) is 7. The van der Waals surface area contributed by atoms with Crippen LogP contribution in [0.3, 0.4) is 0 Å². The van der Waals surface area contributed by atoms with Gasteiger partial charge in [-0.05, 0) is 108 Å². The Morgan fingerprint density at radius 3 is 1.57 bits per heavy atom. The van der Waals surface area contributed by atoms with E-state index in [1.54, 1.807) is 94.6 Å². The molecule has 4 aromatic heterocycles. The molecule has 61 heavy (non-hydrogen) atoms. The third-order valence-electron chi connectivity index (χ3n) is 9.56. The third kappa shape index (κ3) is 9.15. The third-order valence-corrected chi connectivity index (χ3v) is 10.2. The zero-order valence-corrected chi connectivity index (χ0v) is 34.0. The second-order valence-corrected chi connectivity index (χ2v) is 14.4. The van der Waals surface area contributed by atoms with Gasteiger partial charge in [-0.15, -0.1) is 0 Å². The van der Waals surface area contributed by atoms with E-state index >= 15 is 0 Å². The molecule has 0 radical (unpaired) electrons. The van der Waals surface area contributed by atoms with Crippen LogP contribution >= 0.6 is 23.2 Å². The van der Waals surface area contributed by atoms with Gasteiger partial charge in [-0.1, -0.05) is 23.2 Å². The van der Waals surface area contributed by atoms with Crippen molar-refractivity contribution in [2.24, 2.45) is 19.8 Å². The highest BCUT2D eigenvalue weighted by molar-refractivity contribution is 6.35. The highest BCUT2D eigenvalue weighted by Gasteiger charge is 2.17. The summed E-state index contributed by atoms with van der Waals surface area (Å²) in [5.74, 6) is 1.71.